The van der Waals surface area contributed by atoms with Crippen molar-refractivity contribution in [3.63, 3.8) is 0 Å². The summed E-state index contributed by atoms with van der Waals surface area (Å²) in [5.74, 6) is 0.850. The van der Waals surface area contributed by atoms with E-state index in [4.69, 9.17) is 5.73 Å². The smallest absolute Gasteiger partial charge is 0.156 e. The van der Waals surface area contributed by atoms with Crippen molar-refractivity contribution in [1.82, 2.24) is 14.9 Å². The summed E-state index contributed by atoms with van der Waals surface area (Å²) in [5, 5.41) is 0.818. The number of nitrogen functional groups attached to an aromatic ring is 1. The predicted molar refractivity (Wildman–Crippen MR) is 111 cm³/mol. The summed E-state index contributed by atoms with van der Waals surface area (Å²) in [5.41, 5.74) is 8.44. The molecule has 1 aliphatic rings. The Morgan fingerprint density at radius 1 is 0.852 bits per heavy atom. The quantitative estimate of drug-likeness (QED) is 0.687. The molecule has 1 fully saturated rings. The van der Waals surface area contributed by atoms with Crippen LogP contribution in [0.1, 0.15) is 5.56 Å². The van der Waals surface area contributed by atoms with Gasteiger partial charge in [0.05, 0.1) is 0 Å². The van der Waals surface area contributed by atoms with E-state index in [0.29, 0.717) is 5.69 Å². The Kier molecular flexibility index (Phi) is 5.55. The van der Waals surface area contributed by atoms with E-state index in [1.54, 1.807) is 18.1 Å². The molecule has 138 valence electrons. The second-order valence-corrected chi connectivity index (χ2v) is 7.64. The summed E-state index contributed by atoms with van der Waals surface area (Å²) in [6.45, 7) is 4.83. The molecule has 0 atom stereocenters. The van der Waals surface area contributed by atoms with Gasteiger partial charge in [-0.2, -0.15) is 0 Å². The molecule has 0 spiro atoms. The van der Waals surface area contributed by atoms with Gasteiger partial charge in [-0.25, -0.2) is 9.97 Å². The number of anilines is 2. The van der Waals surface area contributed by atoms with Crippen LogP contribution in [0.2, 0.25) is 0 Å². The number of hydrogen-bond donors (Lipinski definition) is 1. The van der Waals surface area contributed by atoms with Crippen LogP contribution in [0.3, 0.4) is 0 Å². The van der Waals surface area contributed by atoms with Crippen molar-refractivity contribution >= 4 is 23.3 Å². The first-order valence-corrected chi connectivity index (χ1v) is 9.96. The lowest BCUT2D eigenvalue weighted by molar-refractivity contribution is 0.249. The van der Waals surface area contributed by atoms with Crippen molar-refractivity contribution in [2.75, 3.05) is 36.8 Å². The van der Waals surface area contributed by atoms with Gasteiger partial charge in [0.25, 0.3) is 0 Å². The van der Waals surface area contributed by atoms with Gasteiger partial charge >= 0.3 is 0 Å². The average Bonchev–Trinajstić information content (AvgIpc) is 2.72. The lowest BCUT2D eigenvalue weighted by Gasteiger charge is -2.35. The fourth-order valence-electron chi connectivity index (χ4n) is 3.26. The van der Waals surface area contributed by atoms with E-state index in [1.165, 1.54) is 5.56 Å². The summed E-state index contributed by atoms with van der Waals surface area (Å²) in [6.07, 6.45) is 1.62. The van der Waals surface area contributed by atoms with Crippen LogP contribution in [0.4, 0.5) is 11.5 Å². The highest BCUT2D eigenvalue weighted by atomic mass is 32.2. The average molecular weight is 378 g/mol. The number of nitrogens with two attached hydrogens (primary N) is 1. The normalized spacial score (nSPS) is 15.0. The Hall–Kier alpha value is -2.57. The number of hydrogen-bond acceptors (Lipinski definition) is 6. The monoisotopic (exact) mass is 377 g/mol. The Labute approximate surface area is 164 Å². The number of benzene rings is 2. The molecule has 6 heteroatoms. The molecule has 1 aromatic heterocycles. The molecule has 1 saturated heterocycles. The molecule has 0 saturated carbocycles. The van der Waals surface area contributed by atoms with Gasteiger partial charge in [0.15, 0.2) is 5.82 Å². The first-order chi connectivity index (χ1) is 13.3. The van der Waals surface area contributed by atoms with E-state index >= 15 is 0 Å². The second kappa shape index (κ2) is 8.41. The number of piperazine rings is 1. The summed E-state index contributed by atoms with van der Waals surface area (Å²) < 4.78 is 0. The molecule has 27 heavy (non-hydrogen) atoms. The minimum absolute atomic E-state index is 0.669. The fraction of sp³-hybridized carbons (Fsp3) is 0.238. The zero-order valence-corrected chi connectivity index (χ0v) is 16.0. The van der Waals surface area contributed by atoms with Crippen molar-refractivity contribution in [2.24, 2.45) is 0 Å². The van der Waals surface area contributed by atoms with Crippen molar-refractivity contribution < 1.29 is 0 Å². The van der Waals surface area contributed by atoms with E-state index in [0.717, 1.165) is 48.5 Å². The molecule has 5 nitrogen and oxygen atoms in total. The van der Waals surface area contributed by atoms with Crippen LogP contribution in [0.5, 0.6) is 0 Å². The third kappa shape index (κ3) is 4.40. The van der Waals surface area contributed by atoms with Crippen molar-refractivity contribution in [2.45, 2.75) is 16.5 Å². The lowest BCUT2D eigenvalue weighted by atomic mass is 10.2. The highest BCUT2D eigenvalue weighted by Crippen LogP contribution is 2.34. The van der Waals surface area contributed by atoms with E-state index in [9.17, 15) is 0 Å². The molecule has 3 aromatic rings. The Balaban J connectivity index is 1.41. The van der Waals surface area contributed by atoms with E-state index in [-0.39, 0.29) is 0 Å². The third-order valence-corrected chi connectivity index (χ3v) is 5.73. The second-order valence-electron chi connectivity index (χ2n) is 6.58. The topological polar surface area (TPSA) is 58.3 Å². The van der Waals surface area contributed by atoms with Gasteiger partial charge in [0.1, 0.15) is 17.0 Å². The van der Waals surface area contributed by atoms with Crippen molar-refractivity contribution in [3.8, 4) is 0 Å². The first kappa shape index (κ1) is 17.8. The molecule has 0 bridgehead atoms. The Morgan fingerprint density at radius 2 is 1.52 bits per heavy atom. The maximum atomic E-state index is 6.42. The zero-order chi connectivity index (χ0) is 18.5. The summed E-state index contributed by atoms with van der Waals surface area (Å²) in [7, 11) is 0. The number of nitrogens with zero attached hydrogens (tertiary/aromatic N) is 4. The molecule has 0 amide bonds. The minimum Gasteiger partial charge on any atom is -0.394 e. The molecule has 0 aliphatic carbocycles. The molecule has 0 radical (unpaired) electrons. The SMILES string of the molecule is Nc1c(Sc2ccccc2)ncnc1N1CCN(Cc2ccccc2)CC1. The van der Waals surface area contributed by atoms with Gasteiger partial charge in [-0.15, -0.1) is 0 Å². The summed E-state index contributed by atoms with van der Waals surface area (Å²) in [6, 6.07) is 20.8. The van der Waals surface area contributed by atoms with Crippen LogP contribution in [0.15, 0.2) is 76.9 Å². The molecular weight excluding hydrogens is 354 g/mol. The lowest BCUT2D eigenvalue weighted by Crippen LogP contribution is -2.46. The minimum atomic E-state index is 0.669. The maximum Gasteiger partial charge on any atom is 0.156 e. The predicted octanol–water partition coefficient (Wildman–Crippen LogP) is 3.53. The van der Waals surface area contributed by atoms with Crippen LogP contribution in [-0.2, 0) is 6.54 Å². The molecular formula is C21H23N5S. The van der Waals surface area contributed by atoms with Crippen LogP contribution in [0, 0.1) is 0 Å². The van der Waals surface area contributed by atoms with E-state index in [1.807, 2.05) is 18.2 Å². The van der Waals surface area contributed by atoms with Crippen LogP contribution in [-0.4, -0.2) is 41.0 Å². The first-order valence-electron chi connectivity index (χ1n) is 9.14. The Bertz CT molecular complexity index is 864. The number of rotatable bonds is 5. The molecule has 1 aliphatic heterocycles. The molecule has 0 unspecified atom stereocenters. The molecule has 2 heterocycles. The van der Waals surface area contributed by atoms with E-state index < -0.39 is 0 Å². The highest BCUT2D eigenvalue weighted by molar-refractivity contribution is 7.99. The van der Waals surface area contributed by atoms with Gasteiger partial charge in [-0.05, 0) is 17.7 Å². The van der Waals surface area contributed by atoms with Gasteiger partial charge in [-0.3, -0.25) is 4.90 Å². The van der Waals surface area contributed by atoms with Crippen molar-refractivity contribution in [1.29, 1.82) is 0 Å². The summed E-state index contributed by atoms with van der Waals surface area (Å²) in [4.78, 5) is 14.7. The Morgan fingerprint density at radius 3 is 2.22 bits per heavy atom. The van der Waals surface area contributed by atoms with Gasteiger partial charge < -0.3 is 10.6 Å². The van der Waals surface area contributed by atoms with Gasteiger partial charge in [0.2, 0.25) is 0 Å². The zero-order valence-electron chi connectivity index (χ0n) is 15.2. The standard InChI is InChI=1S/C21H23N5S/c22-19-20(23-16-24-21(19)27-18-9-5-2-6-10-18)26-13-11-25(12-14-26)15-17-7-3-1-4-8-17/h1-10,16H,11-15,22H2. The highest BCUT2D eigenvalue weighted by Gasteiger charge is 2.21. The van der Waals surface area contributed by atoms with Gasteiger partial charge in [-0.1, -0.05) is 60.3 Å². The van der Waals surface area contributed by atoms with Crippen molar-refractivity contribution in [3.05, 3.63) is 72.6 Å². The molecule has 2 aromatic carbocycles. The third-order valence-electron chi connectivity index (χ3n) is 4.70. The maximum absolute atomic E-state index is 6.42. The summed E-state index contributed by atoms with van der Waals surface area (Å²) >= 11 is 1.58. The molecule has 2 N–H and O–H groups in total. The largest absolute Gasteiger partial charge is 0.394 e. The van der Waals surface area contributed by atoms with Crippen LogP contribution in [0.25, 0.3) is 0 Å². The van der Waals surface area contributed by atoms with E-state index in [2.05, 4.69) is 62.2 Å². The molecule has 4 rings (SSSR count). The number of aromatic nitrogens is 2. The van der Waals surface area contributed by atoms with Crippen LogP contribution < -0.4 is 10.6 Å². The van der Waals surface area contributed by atoms with Crippen LogP contribution >= 0.6 is 11.8 Å². The fourth-order valence-corrected chi connectivity index (χ4v) is 4.08. The van der Waals surface area contributed by atoms with Gasteiger partial charge in [0, 0.05) is 37.6 Å².